The number of nitrogens with zero attached hydrogens (tertiary/aromatic N) is 3. The van der Waals surface area contributed by atoms with E-state index in [1.807, 2.05) is 0 Å². The van der Waals surface area contributed by atoms with Gasteiger partial charge in [0.15, 0.2) is 5.96 Å². The van der Waals surface area contributed by atoms with Gasteiger partial charge in [0.25, 0.3) is 0 Å². The molecule has 0 spiro atoms. The van der Waals surface area contributed by atoms with Crippen molar-refractivity contribution < 1.29 is 0 Å². The van der Waals surface area contributed by atoms with Crippen LogP contribution in [0.5, 0.6) is 0 Å². The highest BCUT2D eigenvalue weighted by Gasteiger charge is 2.38. The fraction of sp³-hybridized carbons (Fsp3) is 0.682. The zero-order chi connectivity index (χ0) is 19.0. The average molecular weight is 372 g/mol. The molecule has 2 N–H and O–H groups in total. The molecule has 2 fully saturated rings. The van der Waals surface area contributed by atoms with E-state index < -0.39 is 0 Å². The normalized spacial score (nSPS) is 20.9. The lowest BCUT2D eigenvalue weighted by atomic mass is 9.64. The van der Waals surface area contributed by atoms with Crippen LogP contribution in [-0.4, -0.2) is 74.7 Å². The molecular weight excluding hydrogens is 334 g/mol. The van der Waals surface area contributed by atoms with Crippen LogP contribution in [0.25, 0.3) is 0 Å². The van der Waals surface area contributed by atoms with Gasteiger partial charge in [0.05, 0.1) is 6.54 Å². The van der Waals surface area contributed by atoms with E-state index in [2.05, 4.69) is 64.6 Å². The van der Waals surface area contributed by atoms with Crippen LogP contribution in [0.15, 0.2) is 35.3 Å². The zero-order valence-electron chi connectivity index (χ0n) is 17.2. The first-order valence-electron chi connectivity index (χ1n) is 10.8. The van der Waals surface area contributed by atoms with Gasteiger partial charge < -0.3 is 15.5 Å². The average Bonchev–Trinajstić information content (AvgIpc) is 2.68. The Bertz CT molecular complexity index is 574. The van der Waals surface area contributed by atoms with Crippen molar-refractivity contribution in [1.29, 1.82) is 0 Å². The van der Waals surface area contributed by atoms with Crippen molar-refractivity contribution in [3.05, 3.63) is 35.9 Å². The van der Waals surface area contributed by atoms with Gasteiger partial charge in [-0.25, -0.2) is 0 Å². The third kappa shape index (κ3) is 5.45. The van der Waals surface area contributed by atoms with Crippen LogP contribution in [0.3, 0.4) is 0 Å². The predicted octanol–water partition coefficient (Wildman–Crippen LogP) is 2.30. The van der Waals surface area contributed by atoms with Gasteiger partial charge >= 0.3 is 0 Å². The van der Waals surface area contributed by atoms with Crippen LogP contribution in [-0.2, 0) is 5.41 Å². The van der Waals surface area contributed by atoms with Crippen molar-refractivity contribution in [3.8, 4) is 0 Å². The molecule has 0 unspecified atom stereocenters. The number of hydrogen-bond donors (Lipinski definition) is 2. The molecule has 1 aliphatic heterocycles. The molecule has 1 heterocycles. The lowest BCUT2D eigenvalue weighted by Crippen LogP contribution is -2.49. The molecule has 3 rings (SSSR count). The Hall–Kier alpha value is -1.59. The molecule has 0 atom stereocenters. The highest BCUT2D eigenvalue weighted by atomic mass is 15.3. The highest BCUT2D eigenvalue weighted by molar-refractivity contribution is 5.79. The number of likely N-dealkylation sites (N-methyl/N-ethyl adjacent to an activating group) is 1. The van der Waals surface area contributed by atoms with Crippen molar-refractivity contribution >= 4 is 5.96 Å². The maximum absolute atomic E-state index is 4.96. The van der Waals surface area contributed by atoms with Gasteiger partial charge in [0.2, 0.25) is 0 Å². The summed E-state index contributed by atoms with van der Waals surface area (Å²) < 4.78 is 0. The lowest BCUT2D eigenvalue weighted by molar-refractivity contribution is 0.139. The summed E-state index contributed by atoms with van der Waals surface area (Å²) in [6, 6.07) is 10.9. The quantitative estimate of drug-likeness (QED) is 0.544. The van der Waals surface area contributed by atoms with Crippen LogP contribution in [0, 0.1) is 0 Å². The van der Waals surface area contributed by atoms with Crippen molar-refractivity contribution in [2.45, 2.75) is 38.5 Å². The van der Waals surface area contributed by atoms with E-state index in [9.17, 15) is 0 Å². The summed E-state index contributed by atoms with van der Waals surface area (Å²) in [4.78, 5) is 10.0. The molecule has 0 amide bonds. The van der Waals surface area contributed by atoms with E-state index in [0.29, 0.717) is 0 Å². The molecular formula is C22H37N5. The van der Waals surface area contributed by atoms with E-state index in [4.69, 9.17) is 4.99 Å². The molecule has 1 aliphatic carbocycles. The number of benzene rings is 1. The van der Waals surface area contributed by atoms with E-state index >= 15 is 0 Å². The molecule has 5 heteroatoms. The predicted molar refractivity (Wildman–Crippen MR) is 115 cm³/mol. The molecule has 0 aromatic heterocycles. The minimum Gasteiger partial charge on any atom is -0.357 e. The van der Waals surface area contributed by atoms with Crippen LogP contribution >= 0.6 is 0 Å². The van der Waals surface area contributed by atoms with E-state index in [1.165, 1.54) is 57.5 Å². The number of rotatable bonds is 8. The Morgan fingerprint density at radius 1 is 1.00 bits per heavy atom. The van der Waals surface area contributed by atoms with Crippen molar-refractivity contribution in [1.82, 2.24) is 20.4 Å². The van der Waals surface area contributed by atoms with Gasteiger partial charge in [-0.15, -0.1) is 0 Å². The molecule has 0 radical (unpaired) electrons. The van der Waals surface area contributed by atoms with Crippen molar-refractivity contribution in [2.75, 3.05) is 58.9 Å². The minimum atomic E-state index is 0.250. The van der Waals surface area contributed by atoms with Crippen LogP contribution < -0.4 is 10.6 Å². The molecule has 1 aromatic carbocycles. The van der Waals surface area contributed by atoms with Crippen LogP contribution in [0.1, 0.15) is 38.7 Å². The zero-order valence-corrected chi connectivity index (χ0v) is 17.2. The Morgan fingerprint density at radius 2 is 1.70 bits per heavy atom. The number of piperazine rings is 1. The van der Waals surface area contributed by atoms with Gasteiger partial charge in [0, 0.05) is 51.2 Å². The largest absolute Gasteiger partial charge is 0.357 e. The third-order valence-electron chi connectivity index (χ3n) is 6.21. The Morgan fingerprint density at radius 3 is 2.30 bits per heavy atom. The van der Waals surface area contributed by atoms with Gasteiger partial charge in [-0.3, -0.25) is 9.89 Å². The molecule has 5 nitrogen and oxygen atoms in total. The number of guanidine groups is 1. The molecule has 2 aliphatic rings. The summed E-state index contributed by atoms with van der Waals surface area (Å²) in [6.07, 6.45) is 3.82. The minimum absolute atomic E-state index is 0.250. The van der Waals surface area contributed by atoms with Crippen LogP contribution in [0.2, 0.25) is 0 Å². The molecule has 27 heavy (non-hydrogen) atoms. The molecule has 0 bridgehead atoms. The SMILES string of the molecule is CCNC(=NCC1(c2ccccc2)CCC1)NCCN1CCN(CC)CC1. The van der Waals surface area contributed by atoms with Crippen molar-refractivity contribution in [2.24, 2.45) is 4.99 Å². The van der Waals surface area contributed by atoms with Gasteiger partial charge in [0.1, 0.15) is 0 Å². The Balaban J connectivity index is 1.49. The van der Waals surface area contributed by atoms with E-state index in [1.54, 1.807) is 0 Å². The van der Waals surface area contributed by atoms with Gasteiger partial charge in [-0.2, -0.15) is 0 Å². The van der Waals surface area contributed by atoms with Crippen LogP contribution in [0.4, 0.5) is 0 Å². The lowest BCUT2D eigenvalue weighted by Gasteiger charge is -2.41. The first-order valence-corrected chi connectivity index (χ1v) is 10.8. The molecule has 1 saturated carbocycles. The van der Waals surface area contributed by atoms with Gasteiger partial charge in [-0.1, -0.05) is 43.7 Å². The number of hydrogen-bond acceptors (Lipinski definition) is 3. The Kier molecular flexibility index (Phi) is 7.53. The van der Waals surface area contributed by atoms with Crippen molar-refractivity contribution in [3.63, 3.8) is 0 Å². The summed E-state index contributed by atoms with van der Waals surface area (Å²) in [5.74, 6) is 0.965. The fourth-order valence-electron chi connectivity index (χ4n) is 4.17. The summed E-state index contributed by atoms with van der Waals surface area (Å²) in [7, 11) is 0. The monoisotopic (exact) mass is 371 g/mol. The van der Waals surface area contributed by atoms with Gasteiger partial charge in [-0.05, 0) is 31.9 Å². The summed E-state index contributed by atoms with van der Waals surface area (Å²) in [5.41, 5.74) is 1.70. The first kappa shape index (κ1) is 20.2. The van der Waals surface area contributed by atoms with E-state index in [-0.39, 0.29) is 5.41 Å². The number of nitrogens with one attached hydrogen (secondary N) is 2. The first-order chi connectivity index (χ1) is 13.3. The smallest absolute Gasteiger partial charge is 0.191 e. The topological polar surface area (TPSA) is 42.9 Å². The molecule has 1 saturated heterocycles. The summed E-state index contributed by atoms with van der Waals surface area (Å²) >= 11 is 0. The van der Waals surface area contributed by atoms with E-state index in [0.717, 1.165) is 32.1 Å². The third-order valence-corrected chi connectivity index (χ3v) is 6.21. The second-order valence-corrected chi connectivity index (χ2v) is 7.90. The Labute approximate surface area is 165 Å². The standard InChI is InChI=1S/C22H37N5/c1-3-23-21(24-13-14-27-17-15-26(4-2)16-18-27)25-19-22(11-8-12-22)20-9-6-5-7-10-20/h5-7,9-10H,3-4,8,11-19H2,1-2H3,(H2,23,24,25). The molecule has 150 valence electrons. The summed E-state index contributed by atoms with van der Waals surface area (Å²) in [5, 5.41) is 6.97. The maximum Gasteiger partial charge on any atom is 0.191 e. The maximum atomic E-state index is 4.96. The fourth-order valence-corrected chi connectivity index (χ4v) is 4.17. The molecule has 1 aromatic rings. The second kappa shape index (κ2) is 10.1. The second-order valence-electron chi connectivity index (χ2n) is 7.90. The highest BCUT2D eigenvalue weighted by Crippen LogP contribution is 2.43. The number of aliphatic imine (C=N–C) groups is 1. The summed E-state index contributed by atoms with van der Waals surface area (Å²) in [6.45, 7) is 14.1.